The third-order valence-electron chi connectivity index (χ3n) is 2.55. The number of para-hydroxylation sites is 1. The fourth-order valence-electron chi connectivity index (χ4n) is 1.80. The normalized spacial score (nSPS) is 11.7. The van der Waals surface area contributed by atoms with Crippen LogP contribution in [0, 0.1) is 0 Å². The molecule has 1 rings (SSSR count). The zero-order valence-corrected chi connectivity index (χ0v) is 12.7. The van der Waals surface area contributed by atoms with Crippen LogP contribution in [0.25, 0.3) is 0 Å². The minimum atomic E-state index is -0.919. The lowest BCUT2D eigenvalue weighted by molar-refractivity contribution is -0.136. The predicted octanol–water partition coefficient (Wildman–Crippen LogP) is 3.24. The lowest BCUT2D eigenvalue weighted by atomic mass is 9.85. The van der Waals surface area contributed by atoms with Crippen molar-refractivity contribution in [3.63, 3.8) is 0 Å². The Hall–Kier alpha value is -1.29. The maximum Gasteiger partial charge on any atom is 0.307 e. The monoisotopic (exact) mass is 265 g/mol. The van der Waals surface area contributed by atoms with Crippen molar-refractivity contribution in [2.75, 3.05) is 0 Å². The molecule has 18 heavy (non-hydrogen) atoms. The fourth-order valence-corrected chi connectivity index (χ4v) is 2.45. The number of carboxylic acids is 1. The van der Waals surface area contributed by atoms with E-state index in [9.17, 15) is 4.79 Å². The molecular formula is C14H21O3Si. The van der Waals surface area contributed by atoms with Gasteiger partial charge in [0.15, 0.2) is 0 Å². The van der Waals surface area contributed by atoms with Crippen molar-refractivity contribution in [2.45, 2.75) is 45.7 Å². The number of carboxylic acid groups (broad SMARTS) is 1. The summed E-state index contributed by atoms with van der Waals surface area (Å²) in [7, 11) is -0.919. The summed E-state index contributed by atoms with van der Waals surface area (Å²) in [6.07, 6.45) is 0.00833. The SMILES string of the molecule is C[Si](C)Oc1c(CC(=O)O)cccc1C(C)(C)C. The van der Waals surface area contributed by atoms with Crippen LogP contribution in [0.3, 0.4) is 0 Å². The summed E-state index contributed by atoms with van der Waals surface area (Å²) in [5.41, 5.74) is 1.79. The van der Waals surface area contributed by atoms with Crippen LogP contribution in [0.4, 0.5) is 0 Å². The van der Waals surface area contributed by atoms with Gasteiger partial charge in [0.1, 0.15) is 5.75 Å². The van der Waals surface area contributed by atoms with Gasteiger partial charge in [-0.2, -0.15) is 0 Å². The summed E-state index contributed by atoms with van der Waals surface area (Å²) >= 11 is 0. The Labute approximate surface area is 111 Å². The van der Waals surface area contributed by atoms with Crippen LogP contribution in [0.2, 0.25) is 13.1 Å². The van der Waals surface area contributed by atoms with Crippen molar-refractivity contribution in [1.29, 1.82) is 0 Å². The molecule has 1 N–H and O–H groups in total. The smallest absolute Gasteiger partial charge is 0.307 e. The quantitative estimate of drug-likeness (QED) is 0.850. The average Bonchev–Trinajstić information content (AvgIpc) is 2.17. The molecule has 0 aliphatic rings. The summed E-state index contributed by atoms with van der Waals surface area (Å²) in [4.78, 5) is 10.9. The van der Waals surface area contributed by atoms with E-state index in [-0.39, 0.29) is 11.8 Å². The van der Waals surface area contributed by atoms with Crippen molar-refractivity contribution >= 4 is 15.0 Å². The van der Waals surface area contributed by atoms with E-state index < -0.39 is 15.0 Å². The highest BCUT2D eigenvalue weighted by atomic mass is 28.3. The Kier molecular flexibility index (Phi) is 4.57. The molecule has 0 saturated heterocycles. The lowest BCUT2D eigenvalue weighted by Gasteiger charge is -2.25. The summed E-state index contributed by atoms with van der Waals surface area (Å²) < 4.78 is 5.94. The van der Waals surface area contributed by atoms with Crippen LogP contribution >= 0.6 is 0 Å². The molecule has 0 amide bonds. The molecule has 0 saturated carbocycles. The van der Waals surface area contributed by atoms with Gasteiger partial charge in [0.2, 0.25) is 0 Å². The summed E-state index contributed by atoms with van der Waals surface area (Å²) in [5, 5.41) is 8.97. The molecule has 0 fully saturated rings. The maximum atomic E-state index is 10.9. The highest BCUT2D eigenvalue weighted by molar-refractivity contribution is 6.49. The zero-order chi connectivity index (χ0) is 13.9. The highest BCUT2D eigenvalue weighted by Crippen LogP contribution is 2.34. The van der Waals surface area contributed by atoms with Crippen molar-refractivity contribution in [1.82, 2.24) is 0 Å². The van der Waals surface area contributed by atoms with Gasteiger partial charge in [-0.3, -0.25) is 4.79 Å². The van der Waals surface area contributed by atoms with Gasteiger partial charge in [-0.1, -0.05) is 39.0 Å². The second-order valence-electron chi connectivity index (χ2n) is 5.62. The van der Waals surface area contributed by atoms with Crippen molar-refractivity contribution in [3.05, 3.63) is 29.3 Å². The maximum absolute atomic E-state index is 10.9. The van der Waals surface area contributed by atoms with Gasteiger partial charge in [0.05, 0.1) is 6.42 Å². The lowest BCUT2D eigenvalue weighted by Crippen LogP contribution is -2.20. The minimum Gasteiger partial charge on any atom is -0.542 e. The molecule has 1 aromatic rings. The molecule has 0 atom stereocenters. The van der Waals surface area contributed by atoms with Gasteiger partial charge >= 0.3 is 5.97 Å². The van der Waals surface area contributed by atoms with E-state index in [0.717, 1.165) is 16.9 Å². The van der Waals surface area contributed by atoms with Gasteiger partial charge in [0, 0.05) is 5.56 Å². The molecule has 99 valence electrons. The molecular weight excluding hydrogens is 244 g/mol. The van der Waals surface area contributed by atoms with Crippen LogP contribution in [-0.2, 0) is 16.6 Å². The van der Waals surface area contributed by atoms with E-state index in [4.69, 9.17) is 9.53 Å². The minimum absolute atomic E-state index is 0.00833. The van der Waals surface area contributed by atoms with Gasteiger partial charge < -0.3 is 9.53 Å². The Bertz CT molecular complexity index is 433. The van der Waals surface area contributed by atoms with E-state index >= 15 is 0 Å². The Morgan fingerprint density at radius 3 is 2.39 bits per heavy atom. The van der Waals surface area contributed by atoms with Crippen molar-refractivity contribution < 1.29 is 14.3 Å². The highest BCUT2D eigenvalue weighted by Gasteiger charge is 2.22. The summed E-state index contributed by atoms with van der Waals surface area (Å²) in [6, 6.07) is 5.76. The van der Waals surface area contributed by atoms with Crippen LogP contribution < -0.4 is 4.43 Å². The molecule has 0 unspecified atom stereocenters. The first-order chi connectivity index (χ1) is 8.21. The Morgan fingerprint density at radius 1 is 1.33 bits per heavy atom. The van der Waals surface area contributed by atoms with Gasteiger partial charge in [-0.15, -0.1) is 0 Å². The standard InChI is InChI=1S/C14H21O3Si/c1-14(2,3)11-8-6-7-10(9-12(15)16)13(11)17-18(4)5/h6-8H,9H2,1-5H3,(H,15,16). The van der Waals surface area contributed by atoms with E-state index in [0.29, 0.717) is 0 Å². The van der Waals surface area contributed by atoms with E-state index in [2.05, 4.69) is 33.9 Å². The van der Waals surface area contributed by atoms with E-state index in [1.807, 2.05) is 18.2 Å². The fraction of sp³-hybridized carbons (Fsp3) is 0.500. The predicted molar refractivity (Wildman–Crippen MR) is 74.6 cm³/mol. The van der Waals surface area contributed by atoms with E-state index in [1.54, 1.807) is 0 Å². The largest absolute Gasteiger partial charge is 0.542 e. The van der Waals surface area contributed by atoms with Gasteiger partial charge in [-0.25, -0.2) is 0 Å². The third kappa shape index (κ3) is 3.87. The number of hydrogen-bond donors (Lipinski definition) is 1. The molecule has 0 heterocycles. The molecule has 1 radical (unpaired) electrons. The Balaban J connectivity index is 3.30. The molecule has 3 nitrogen and oxygen atoms in total. The number of hydrogen-bond acceptors (Lipinski definition) is 2. The average molecular weight is 265 g/mol. The molecule has 1 aromatic carbocycles. The molecule has 0 aromatic heterocycles. The van der Waals surface area contributed by atoms with Gasteiger partial charge in [0.25, 0.3) is 9.04 Å². The Morgan fingerprint density at radius 2 is 1.94 bits per heavy atom. The number of aliphatic carboxylic acids is 1. The first-order valence-corrected chi connectivity index (χ1v) is 8.45. The first kappa shape index (κ1) is 14.8. The zero-order valence-electron chi connectivity index (χ0n) is 11.7. The molecule has 4 heteroatoms. The van der Waals surface area contributed by atoms with Crippen LogP contribution in [-0.4, -0.2) is 20.1 Å². The second kappa shape index (κ2) is 5.57. The number of rotatable bonds is 4. The second-order valence-corrected chi connectivity index (χ2v) is 7.65. The van der Waals surface area contributed by atoms with Crippen LogP contribution in [0.5, 0.6) is 5.75 Å². The van der Waals surface area contributed by atoms with Crippen LogP contribution in [0.1, 0.15) is 31.9 Å². The molecule has 0 bridgehead atoms. The number of benzene rings is 1. The van der Waals surface area contributed by atoms with Crippen molar-refractivity contribution in [3.8, 4) is 5.75 Å². The topological polar surface area (TPSA) is 46.5 Å². The molecule has 0 aliphatic carbocycles. The third-order valence-corrected chi connectivity index (χ3v) is 3.16. The molecule has 0 spiro atoms. The van der Waals surface area contributed by atoms with Gasteiger partial charge in [-0.05, 0) is 24.1 Å². The first-order valence-electron chi connectivity index (χ1n) is 6.04. The van der Waals surface area contributed by atoms with Crippen molar-refractivity contribution in [2.24, 2.45) is 0 Å². The van der Waals surface area contributed by atoms with E-state index in [1.165, 1.54) is 0 Å². The summed E-state index contributed by atoms with van der Waals surface area (Å²) in [6.45, 7) is 10.4. The molecule has 0 aliphatic heterocycles. The number of carbonyl (C=O) groups is 1. The van der Waals surface area contributed by atoms with Crippen LogP contribution in [0.15, 0.2) is 18.2 Å². The summed E-state index contributed by atoms with van der Waals surface area (Å²) in [5.74, 6) is -0.0572.